The quantitative estimate of drug-likeness (QED) is 0.574. The number of hydrogen-bond donors (Lipinski definition) is 2. The molecule has 1 aromatic heterocycles. The molecule has 0 radical (unpaired) electrons. The van der Waals surface area contributed by atoms with Gasteiger partial charge in [-0.05, 0) is 35.2 Å². The van der Waals surface area contributed by atoms with E-state index in [4.69, 9.17) is 17.4 Å². The zero-order valence-corrected chi connectivity index (χ0v) is 11.9. The van der Waals surface area contributed by atoms with Gasteiger partial charge in [0.05, 0.1) is 0 Å². The molecule has 3 rings (SSSR count). The Morgan fingerprint density at radius 1 is 1.19 bits per heavy atom. The molecule has 1 heterocycles. The Morgan fingerprint density at radius 2 is 2.05 bits per heavy atom. The number of thiocarbonyl (C=S) groups is 1. The number of nitrogens with zero attached hydrogens (tertiary/aromatic N) is 1. The second-order valence-corrected chi connectivity index (χ2v) is 5.20. The minimum absolute atomic E-state index is 0.240. The van der Waals surface area contributed by atoms with Gasteiger partial charge >= 0.3 is 0 Å². The number of fused-ring (bicyclic) bond motifs is 1. The smallest absolute Gasteiger partial charge is 0.130 e. The highest BCUT2D eigenvalue weighted by Crippen LogP contribution is 2.19. The lowest BCUT2D eigenvalue weighted by molar-refractivity contribution is 0.238. The molecule has 0 spiro atoms. The van der Waals surface area contributed by atoms with Gasteiger partial charge in [0.15, 0.2) is 0 Å². The Morgan fingerprint density at radius 3 is 2.81 bits per heavy atom. The first-order chi connectivity index (χ1) is 10.2. The highest BCUT2D eigenvalue weighted by atomic mass is 32.1. The second kappa shape index (κ2) is 5.63. The van der Waals surface area contributed by atoms with Gasteiger partial charge < -0.3 is 4.57 Å². The highest BCUT2D eigenvalue weighted by Gasteiger charge is 2.06. The summed E-state index contributed by atoms with van der Waals surface area (Å²) in [6, 6.07) is 14.2. The molecule has 0 saturated heterocycles. The molecule has 2 aromatic carbocycles. The van der Waals surface area contributed by atoms with Crippen molar-refractivity contribution in [2.24, 2.45) is 0 Å². The van der Waals surface area contributed by atoms with E-state index in [-0.39, 0.29) is 10.8 Å². The fraction of sp³-hybridized carbons (Fsp3) is 0.0625. The van der Waals surface area contributed by atoms with Crippen LogP contribution in [0.25, 0.3) is 10.9 Å². The fourth-order valence-electron chi connectivity index (χ4n) is 2.36. The maximum absolute atomic E-state index is 13.3. The Labute approximate surface area is 126 Å². The topological polar surface area (TPSA) is 37.2 Å². The van der Waals surface area contributed by atoms with Crippen LogP contribution in [0.2, 0.25) is 0 Å². The molecule has 21 heavy (non-hydrogen) atoms. The van der Waals surface area contributed by atoms with Crippen molar-refractivity contribution in [3.05, 3.63) is 71.7 Å². The summed E-state index contributed by atoms with van der Waals surface area (Å²) in [5, 5.41) is 9.97. The van der Waals surface area contributed by atoms with Crippen LogP contribution >= 0.6 is 12.2 Å². The van der Waals surface area contributed by atoms with Crippen molar-refractivity contribution in [1.82, 2.24) is 10.0 Å². The number of halogens is 1. The van der Waals surface area contributed by atoms with E-state index in [2.05, 4.69) is 0 Å². The third-order valence-electron chi connectivity index (χ3n) is 3.38. The molecule has 0 bridgehead atoms. The Balaban J connectivity index is 2.00. The predicted octanol–water partition coefficient (Wildman–Crippen LogP) is 3.48. The number of hydrogen-bond acceptors (Lipinski definition) is 2. The van der Waals surface area contributed by atoms with Crippen LogP contribution in [0.15, 0.2) is 54.7 Å². The van der Waals surface area contributed by atoms with Gasteiger partial charge in [0.2, 0.25) is 0 Å². The molecule has 3 nitrogen and oxygen atoms in total. The molecule has 0 fully saturated rings. The molecule has 0 atom stereocenters. The van der Waals surface area contributed by atoms with E-state index < -0.39 is 0 Å². The molecule has 0 aliphatic rings. The lowest BCUT2D eigenvalue weighted by atomic mass is 10.1. The van der Waals surface area contributed by atoms with Crippen LogP contribution < -0.4 is 5.48 Å². The van der Waals surface area contributed by atoms with Gasteiger partial charge in [0.25, 0.3) is 0 Å². The SMILES string of the molecule is ONC(=S)c1ccc2ccn(Cc3cccc(F)c3)c2c1. The second-order valence-electron chi connectivity index (χ2n) is 4.79. The number of hydroxylamine groups is 1. The van der Waals surface area contributed by atoms with Gasteiger partial charge in [0, 0.05) is 23.8 Å². The summed E-state index contributed by atoms with van der Waals surface area (Å²) in [5.74, 6) is -0.240. The molecule has 0 amide bonds. The molecule has 0 saturated carbocycles. The number of benzene rings is 2. The standard InChI is InChI=1S/C16H13FN2OS/c17-14-3-1-2-11(8-14)10-19-7-6-12-4-5-13(9-15(12)19)16(21)18-20/h1-9,20H,10H2,(H,18,21). The van der Waals surface area contributed by atoms with Crippen LogP contribution in [0.3, 0.4) is 0 Å². The van der Waals surface area contributed by atoms with E-state index in [1.165, 1.54) is 12.1 Å². The average molecular weight is 300 g/mol. The van der Waals surface area contributed by atoms with E-state index >= 15 is 0 Å². The zero-order valence-electron chi connectivity index (χ0n) is 11.1. The molecule has 3 aromatic rings. The minimum Gasteiger partial charge on any atom is -0.343 e. The maximum atomic E-state index is 13.3. The molecule has 2 N–H and O–H groups in total. The van der Waals surface area contributed by atoms with Crippen molar-refractivity contribution in [3.63, 3.8) is 0 Å². The lowest BCUT2D eigenvalue weighted by Crippen LogP contribution is -2.17. The molecular formula is C16H13FN2OS. The summed E-state index contributed by atoms with van der Waals surface area (Å²) in [5.41, 5.74) is 4.59. The van der Waals surface area contributed by atoms with E-state index in [9.17, 15) is 4.39 Å². The molecule has 0 unspecified atom stereocenters. The van der Waals surface area contributed by atoms with Gasteiger partial charge in [0.1, 0.15) is 10.8 Å². The summed E-state index contributed by atoms with van der Waals surface area (Å²) < 4.78 is 15.3. The zero-order chi connectivity index (χ0) is 14.8. The van der Waals surface area contributed by atoms with E-state index in [1.807, 2.05) is 46.6 Å². The van der Waals surface area contributed by atoms with Crippen LogP contribution in [-0.4, -0.2) is 14.8 Å². The van der Waals surface area contributed by atoms with E-state index in [1.54, 1.807) is 6.07 Å². The fourth-order valence-corrected chi connectivity index (χ4v) is 2.49. The Bertz CT molecular complexity index is 813. The van der Waals surface area contributed by atoms with Gasteiger partial charge in [-0.2, -0.15) is 0 Å². The first kappa shape index (κ1) is 13.7. The van der Waals surface area contributed by atoms with Crippen molar-refractivity contribution >= 4 is 28.1 Å². The Kier molecular flexibility index (Phi) is 3.68. The lowest BCUT2D eigenvalue weighted by Gasteiger charge is -2.08. The van der Waals surface area contributed by atoms with Crippen molar-refractivity contribution in [2.75, 3.05) is 0 Å². The summed E-state index contributed by atoms with van der Waals surface area (Å²) in [6.07, 6.45) is 1.95. The highest BCUT2D eigenvalue weighted by molar-refractivity contribution is 7.80. The van der Waals surface area contributed by atoms with Crippen LogP contribution in [0.4, 0.5) is 4.39 Å². The van der Waals surface area contributed by atoms with Crippen molar-refractivity contribution < 1.29 is 9.60 Å². The van der Waals surface area contributed by atoms with Crippen molar-refractivity contribution in [2.45, 2.75) is 6.54 Å². The largest absolute Gasteiger partial charge is 0.343 e. The van der Waals surface area contributed by atoms with Crippen LogP contribution in [-0.2, 0) is 6.54 Å². The van der Waals surface area contributed by atoms with Crippen LogP contribution in [0.1, 0.15) is 11.1 Å². The minimum atomic E-state index is -0.240. The Hall–Kier alpha value is -2.24. The monoisotopic (exact) mass is 300 g/mol. The molecule has 0 aliphatic carbocycles. The van der Waals surface area contributed by atoms with Gasteiger partial charge in [-0.3, -0.25) is 10.7 Å². The first-order valence-corrected chi connectivity index (χ1v) is 6.86. The summed E-state index contributed by atoms with van der Waals surface area (Å²) in [6.45, 7) is 0.573. The summed E-state index contributed by atoms with van der Waals surface area (Å²) in [7, 11) is 0. The van der Waals surface area contributed by atoms with Crippen LogP contribution in [0.5, 0.6) is 0 Å². The van der Waals surface area contributed by atoms with E-state index in [0.717, 1.165) is 22.0 Å². The van der Waals surface area contributed by atoms with Crippen molar-refractivity contribution in [3.8, 4) is 0 Å². The normalized spacial score (nSPS) is 10.8. The molecule has 5 heteroatoms. The van der Waals surface area contributed by atoms with E-state index in [0.29, 0.717) is 6.54 Å². The molecule has 106 valence electrons. The summed E-state index contributed by atoms with van der Waals surface area (Å²) >= 11 is 5.03. The molecule has 0 aliphatic heterocycles. The number of aromatic nitrogens is 1. The average Bonchev–Trinajstić information content (AvgIpc) is 2.89. The third kappa shape index (κ3) is 2.79. The van der Waals surface area contributed by atoms with Gasteiger partial charge in [-0.15, -0.1) is 0 Å². The third-order valence-corrected chi connectivity index (χ3v) is 3.71. The number of nitrogens with one attached hydrogen (secondary N) is 1. The number of rotatable bonds is 3. The summed E-state index contributed by atoms with van der Waals surface area (Å²) in [4.78, 5) is 0.274. The van der Waals surface area contributed by atoms with Crippen molar-refractivity contribution in [1.29, 1.82) is 0 Å². The first-order valence-electron chi connectivity index (χ1n) is 6.45. The predicted molar refractivity (Wildman–Crippen MR) is 84.1 cm³/mol. The van der Waals surface area contributed by atoms with Crippen LogP contribution in [0, 0.1) is 5.82 Å². The molecular weight excluding hydrogens is 287 g/mol. The van der Waals surface area contributed by atoms with Gasteiger partial charge in [-0.25, -0.2) is 4.39 Å². The van der Waals surface area contributed by atoms with Gasteiger partial charge in [-0.1, -0.05) is 36.5 Å². The maximum Gasteiger partial charge on any atom is 0.130 e.